The van der Waals surface area contributed by atoms with Crippen molar-refractivity contribution < 1.29 is 17.9 Å². The number of carbonyl (C=O) groups is 1. The highest BCUT2D eigenvalue weighted by atomic mass is 32.2. The van der Waals surface area contributed by atoms with Crippen molar-refractivity contribution in [2.75, 3.05) is 23.4 Å². The summed E-state index contributed by atoms with van der Waals surface area (Å²) in [5.41, 5.74) is 1.31. The van der Waals surface area contributed by atoms with Crippen LogP contribution in [0.5, 0.6) is 5.75 Å². The van der Waals surface area contributed by atoms with Gasteiger partial charge in [-0.2, -0.15) is 0 Å². The maximum Gasteiger partial charge on any atom is 0.255 e. The first-order valence-corrected chi connectivity index (χ1v) is 8.30. The molecule has 0 aliphatic rings. The van der Waals surface area contributed by atoms with E-state index >= 15 is 0 Å². The fourth-order valence-electron chi connectivity index (χ4n) is 1.82. The van der Waals surface area contributed by atoms with Crippen LogP contribution < -0.4 is 14.8 Å². The van der Waals surface area contributed by atoms with Gasteiger partial charge in [0.25, 0.3) is 5.91 Å². The third-order valence-electron chi connectivity index (χ3n) is 2.78. The SMILES string of the molecule is COc1ccc(NC(=O)c2cccc(NS(C)(=O)=O)c2)cc1. The Morgan fingerprint density at radius 3 is 2.32 bits per heavy atom. The lowest BCUT2D eigenvalue weighted by atomic mass is 10.2. The van der Waals surface area contributed by atoms with Crippen LogP contribution in [0.4, 0.5) is 11.4 Å². The zero-order valence-corrected chi connectivity index (χ0v) is 13.0. The summed E-state index contributed by atoms with van der Waals surface area (Å²) >= 11 is 0. The van der Waals surface area contributed by atoms with Crippen molar-refractivity contribution in [2.45, 2.75) is 0 Å². The van der Waals surface area contributed by atoms with Gasteiger partial charge in [-0.3, -0.25) is 9.52 Å². The molecule has 1 amide bonds. The summed E-state index contributed by atoms with van der Waals surface area (Å²) in [4.78, 5) is 12.2. The molecule has 2 aromatic carbocycles. The fraction of sp³-hybridized carbons (Fsp3) is 0.133. The molecule has 0 fully saturated rings. The van der Waals surface area contributed by atoms with E-state index in [4.69, 9.17) is 4.74 Å². The van der Waals surface area contributed by atoms with Crippen LogP contribution >= 0.6 is 0 Å². The lowest BCUT2D eigenvalue weighted by Gasteiger charge is -2.08. The van der Waals surface area contributed by atoms with Crippen molar-refractivity contribution in [1.82, 2.24) is 0 Å². The first-order valence-electron chi connectivity index (χ1n) is 6.40. The lowest BCUT2D eigenvalue weighted by Crippen LogP contribution is -2.13. The molecular formula is C15H16N2O4S. The van der Waals surface area contributed by atoms with E-state index in [1.807, 2.05) is 0 Å². The number of amides is 1. The number of hydrogen-bond donors (Lipinski definition) is 2. The van der Waals surface area contributed by atoms with E-state index in [0.29, 0.717) is 22.7 Å². The molecule has 0 bridgehead atoms. The van der Waals surface area contributed by atoms with E-state index in [1.165, 1.54) is 6.07 Å². The quantitative estimate of drug-likeness (QED) is 0.885. The van der Waals surface area contributed by atoms with Crippen LogP contribution in [0.3, 0.4) is 0 Å². The number of methoxy groups -OCH3 is 1. The highest BCUT2D eigenvalue weighted by molar-refractivity contribution is 7.92. The number of ether oxygens (including phenoxy) is 1. The molecule has 2 aromatic rings. The minimum Gasteiger partial charge on any atom is -0.497 e. The number of hydrogen-bond acceptors (Lipinski definition) is 4. The highest BCUT2D eigenvalue weighted by Crippen LogP contribution is 2.17. The van der Waals surface area contributed by atoms with Gasteiger partial charge < -0.3 is 10.1 Å². The predicted octanol–water partition coefficient (Wildman–Crippen LogP) is 2.32. The molecule has 0 aliphatic heterocycles. The van der Waals surface area contributed by atoms with Crippen LogP contribution in [0.2, 0.25) is 0 Å². The summed E-state index contributed by atoms with van der Waals surface area (Å²) in [6.07, 6.45) is 1.05. The standard InChI is InChI=1S/C15H16N2O4S/c1-21-14-8-6-12(7-9-14)16-15(18)11-4-3-5-13(10-11)17-22(2,19)20/h3-10,17H,1-2H3,(H,16,18). The highest BCUT2D eigenvalue weighted by Gasteiger charge is 2.08. The van der Waals surface area contributed by atoms with Gasteiger partial charge in [0.15, 0.2) is 0 Å². The van der Waals surface area contributed by atoms with Gasteiger partial charge >= 0.3 is 0 Å². The number of nitrogens with one attached hydrogen (secondary N) is 2. The minimum absolute atomic E-state index is 0.331. The smallest absolute Gasteiger partial charge is 0.255 e. The molecule has 22 heavy (non-hydrogen) atoms. The summed E-state index contributed by atoms with van der Waals surface area (Å²) in [6.45, 7) is 0. The third-order valence-corrected chi connectivity index (χ3v) is 3.38. The first-order chi connectivity index (χ1) is 10.4. The Labute approximate surface area is 129 Å². The Morgan fingerprint density at radius 1 is 1.05 bits per heavy atom. The van der Waals surface area contributed by atoms with Gasteiger partial charge in [-0.25, -0.2) is 8.42 Å². The van der Waals surface area contributed by atoms with Crippen LogP contribution in [0.15, 0.2) is 48.5 Å². The largest absolute Gasteiger partial charge is 0.497 e. The Morgan fingerprint density at radius 2 is 1.73 bits per heavy atom. The Bertz CT molecular complexity index is 770. The zero-order valence-electron chi connectivity index (χ0n) is 12.2. The first kappa shape index (κ1) is 15.8. The van der Waals surface area contributed by atoms with Crippen molar-refractivity contribution in [2.24, 2.45) is 0 Å². The molecule has 0 heterocycles. The molecule has 0 saturated carbocycles. The van der Waals surface area contributed by atoms with Gasteiger partial charge in [-0.15, -0.1) is 0 Å². The number of sulfonamides is 1. The second-order valence-electron chi connectivity index (χ2n) is 4.64. The summed E-state index contributed by atoms with van der Waals surface area (Å²) in [7, 11) is -1.82. The topological polar surface area (TPSA) is 84.5 Å². The second-order valence-corrected chi connectivity index (χ2v) is 6.39. The molecule has 0 aromatic heterocycles. The van der Waals surface area contributed by atoms with Crippen LogP contribution in [0, 0.1) is 0 Å². The molecule has 0 aliphatic carbocycles. The van der Waals surface area contributed by atoms with Gasteiger partial charge in [0.2, 0.25) is 10.0 Å². The summed E-state index contributed by atoms with van der Waals surface area (Å²) in [6, 6.07) is 13.2. The maximum absolute atomic E-state index is 12.2. The van der Waals surface area contributed by atoms with Crippen molar-refractivity contribution in [3.8, 4) is 5.75 Å². The average Bonchev–Trinajstić information content (AvgIpc) is 2.46. The third kappa shape index (κ3) is 4.49. The van der Waals surface area contributed by atoms with Gasteiger partial charge in [-0.1, -0.05) is 6.07 Å². The van der Waals surface area contributed by atoms with E-state index in [1.54, 1.807) is 49.6 Å². The number of anilines is 2. The van der Waals surface area contributed by atoms with Crippen molar-refractivity contribution in [1.29, 1.82) is 0 Å². The summed E-state index contributed by atoms with van der Waals surface area (Å²) in [5.74, 6) is 0.361. The van der Waals surface area contributed by atoms with E-state index in [9.17, 15) is 13.2 Å². The second kappa shape index (κ2) is 6.48. The normalized spacial score (nSPS) is 10.8. The van der Waals surface area contributed by atoms with Crippen LogP contribution in [-0.4, -0.2) is 27.7 Å². The number of rotatable bonds is 5. The van der Waals surface area contributed by atoms with Gasteiger partial charge in [0.05, 0.1) is 13.4 Å². The van der Waals surface area contributed by atoms with Crippen LogP contribution in [-0.2, 0) is 10.0 Å². The lowest BCUT2D eigenvalue weighted by molar-refractivity contribution is 0.102. The molecule has 6 nitrogen and oxygen atoms in total. The molecule has 0 spiro atoms. The average molecular weight is 320 g/mol. The van der Waals surface area contributed by atoms with Crippen LogP contribution in [0.1, 0.15) is 10.4 Å². The van der Waals surface area contributed by atoms with Crippen LogP contribution in [0.25, 0.3) is 0 Å². The Kier molecular flexibility index (Phi) is 4.67. The monoisotopic (exact) mass is 320 g/mol. The van der Waals surface area contributed by atoms with Gasteiger partial charge in [0.1, 0.15) is 5.75 Å². The molecule has 2 rings (SSSR count). The zero-order chi connectivity index (χ0) is 16.2. The minimum atomic E-state index is -3.38. The molecule has 7 heteroatoms. The van der Waals surface area contributed by atoms with E-state index in [0.717, 1.165) is 6.26 Å². The molecule has 0 atom stereocenters. The van der Waals surface area contributed by atoms with Gasteiger partial charge in [-0.05, 0) is 42.5 Å². The van der Waals surface area contributed by atoms with Crippen molar-refractivity contribution in [3.63, 3.8) is 0 Å². The molecule has 116 valence electrons. The van der Waals surface area contributed by atoms with E-state index in [2.05, 4.69) is 10.0 Å². The molecular weight excluding hydrogens is 304 g/mol. The van der Waals surface area contributed by atoms with Crippen molar-refractivity contribution in [3.05, 3.63) is 54.1 Å². The molecule has 0 unspecified atom stereocenters. The Hall–Kier alpha value is -2.54. The van der Waals surface area contributed by atoms with E-state index < -0.39 is 10.0 Å². The predicted molar refractivity (Wildman–Crippen MR) is 85.9 cm³/mol. The number of benzene rings is 2. The maximum atomic E-state index is 12.2. The molecule has 0 radical (unpaired) electrons. The molecule has 0 saturated heterocycles. The number of carbonyl (C=O) groups excluding carboxylic acids is 1. The van der Waals surface area contributed by atoms with Gasteiger partial charge in [0, 0.05) is 16.9 Å². The fourth-order valence-corrected chi connectivity index (χ4v) is 2.37. The van der Waals surface area contributed by atoms with E-state index in [-0.39, 0.29) is 5.91 Å². The summed E-state index contributed by atoms with van der Waals surface area (Å²) in [5, 5.41) is 2.73. The summed E-state index contributed by atoms with van der Waals surface area (Å²) < 4.78 is 29.8. The Balaban J connectivity index is 2.13. The van der Waals surface area contributed by atoms with Crippen molar-refractivity contribution >= 4 is 27.3 Å². The molecule has 2 N–H and O–H groups in total.